The summed E-state index contributed by atoms with van der Waals surface area (Å²) in [5.74, 6) is -2.05. The van der Waals surface area contributed by atoms with Crippen LogP contribution in [-0.4, -0.2) is 0 Å². The third-order valence-electron chi connectivity index (χ3n) is 4.80. The second kappa shape index (κ2) is 7.15. The van der Waals surface area contributed by atoms with Gasteiger partial charge in [0.1, 0.15) is 0 Å². The first-order valence-electron chi connectivity index (χ1n) is 7.78. The lowest BCUT2D eigenvalue weighted by Crippen LogP contribution is -2.19. The Morgan fingerprint density at radius 2 is 1.67 bits per heavy atom. The van der Waals surface area contributed by atoms with Gasteiger partial charge in [-0.15, -0.1) is 0 Å². The molecule has 1 aliphatic rings. The van der Waals surface area contributed by atoms with Crippen molar-refractivity contribution < 1.29 is 13.2 Å². The third kappa shape index (κ3) is 3.90. The summed E-state index contributed by atoms with van der Waals surface area (Å²) >= 11 is 0. The van der Waals surface area contributed by atoms with Crippen LogP contribution < -0.4 is 0 Å². The molecule has 1 unspecified atom stereocenters. The average molecular weight is 296 g/mol. The van der Waals surface area contributed by atoms with Crippen LogP contribution in [0.25, 0.3) is 0 Å². The highest BCUT2D eigenvalue weighted by atomic mass is 19.2. The number of hydrogen-bond acceptors (Lipinski definition) is 0. The van der Waals surface area contributed by atoms with Gasteiger partial charge in [-0.2, -0.15) is 0 Å². The molecule has 3 heteroatoms. The van der Waals surface area contributed by atoms with Gasteiger partial charge in [0.05, 0.1) is 0 Å². The predicted molar refractivity (Wildman–Crippen MR) is 79.6 cm³/mol. The van der Waals surface area contributed by atoms with Gasteiger partial charge in [-0.1, -0.05) is 19.1 Å². The molecular weight excluding hydrogens is 273 g/mol. The van der Waals surface area contributed by atoms with E-state index in [2.05, 4.69) is 19.1 Å². The van der Waals surface area contributed by atoms with E-state index in [1.54, 1.807) is 0 Å². The van der Waals surface area contributed by atoms with Crippen molar-refractivity contribution in [3.05, 3.63) is 47.3 Å². The number of rotatable bonds is 4. The summed E-state index contributed by atoms with van der Waals surface area (Å²) in [4.78, 5) is 0. The van der Waals surface area contributed by atoms with Crippen molar-refractivity contribution in [2.75, 3.05) is 0 Å². The lowest BCUT2D eigenvalue weighted by molar-refractivity contribution is 0.246. The van der Waals surface area contributed by atoms with Gasteiger partial charge in [0.25, 0.3) is 0 Å². The van der Waals surface area contributed by atoms with Crippen molar-refractivity contribution in [3.63, 3.8) is 0 Å². The Hall–Kier alpha value is -1.25. The van der Waals surface area contributed by atoms with Crippen LogP contribution in [0.3, 0.4) is 0 Å². The first kappa shape index (κ1) is 16.1. The second-order valence-corrected chi connectivity index (χ2v) is 6.19. The van der Waals surface area contributed by atoms with Crippen LogP contribution in [0.1, 0.15) is 57.4 Å². The van der Waals surface area contributed by atoms with E-state index in [-0.39, 0.29) is 5.92 Å². The zero-order valence-corrected chi connectivity index (χ0v) is 12.7. The van der Waals surface area contributed by atoms with E-state index >= 15 is 0 Å². The summed E-state index contributed by atoms with van der Waals surface area (Å²) in [6.07, 6.45) is 9.36. The molecule has 21 heavy (non-hydrogen) atoms. The molecule has 116 valence electrons. The molecule has 0 bridgehead atoms. The molecule has 0 heterocycles. The first-order valence-corrected chi connectivity index (χ1v) is 7.78. The Balaban J connectivity index is 1.98. The quantitative estimate of drug-likeness (QED) is 0.473. The molecule has 0 radical (unpaired) electrons. The van der Waals surface area contributed by atoms with E-state index in [4.69, 9.17) is 0 Å². The molecule has 1 fully saturated rings. The Kier molecular flexibility index (Phi) is 5.49. The second-order valence-electron chi connectivity index (χ2n) is 6.19. The van der Waals surface area contributed by atoms with E-state index < -0.39 is 17.5 Å². The molecule has 0 aromatic heterocycles. The Morgan fingerprint density at radius 1 is 1.10 bits per heavy atom. The normalized spacial score (nSPS) is 24.4. The van der Waals surface area contributed by atoms with Crippen LogP contribution in [0, 0.1) is 29.3 Å². The molecule has 0 spiro atoms. The summed E-state index contributed by atoms with van der Waals surface area (Å²) in [5, 5.41) is 0. The third-order valence-corrected chi connectivity index (χ3v) is 4.80. The number of benzene rings is 1. The predicted octanol–water partition coefficient (Wildman–Crippen LogP) is 5.98. The SMILES string of the molecule is C/C=C/CC(C)[C@H]1CC[C@H](c2cc(F)c(F)c(F)c2)CC1. The van der Waals surface area contributed by atoms with Gasteiger partial charge in [-0.25, -0.2) is 13.2 Å². The van der Waals surface area contributed by atoms with Crippen LogP contribution >= 0.6 is 0 Å². The number of hydrogen-bond donors (Lipinski definition) is 0. The smallest absolute Gasteiger partial charge is 0.194 e. The fourth-order valence-electron chi connectivity index (χ4n) is 3.38. The number of halogens is 3. The molecule has 1 aliphatic carbocycles. The maximum atomic E-state index is 13.3. The standard InChI is InChI=1S/C18H23F3/c1-3-4-5-12(2)13-6-8-14(9-7-13)15-10-16(19)18(21)17(20)11-15/h3-4,10-14H,5-9H2,1-2H3/b4-3+/t12?,13-,14-. The minimum Gasteiger partial charge on any atom is -0.204 e. The highest BCUT2D eigenvalue weighted by Gasteiger charge is 2.26. The molecule has 0 aliphatic heterocycles. The van der Waals surface area contributed by atoms with Crippen molar-refractivity contribution in [3.8, 4) is 0 Å². The van der Waals surface area contributed by atoms with Crippen LogP contribution in [0.15, 0.2) is 24.3 Å². The van der Waals surface area contributed by atoms with Gasteiger partial charge in [-0.05, 0) is 74.5 Å². The molecule has 0 N–H and O–H groups in total. The van der Waals surface area contributed by atoms with Crippen LogP contribution in [0.4, 0.5) is 13.2 Å². The van der Waals surface area contributed by atoms with Gasteiger partial charge < -0.3 is 0 Å². The lowest BCUT2D eigenvalue weighted by atomic mass is 9.73. The molecule has 1 aromatic carbocycles. The van der Waals surface area contributed by atoms with Crippen molar-refractivity contribution >= 4 is 0 Å². The molecular formula is C18H23F3. The minimum absolute atomic E-state index is 0.153. The van der Waals surface area contributed by atoms with Crippen LogP contribution in [0.5, 0.6) is 0 Å². The summed E-state index contributed by atoms with van der Waals surface area (Å²) in [6, 6.07) is 2.32. The van der Waals surface area contributed by atoms with E-state index in [0.29, 0.717) is 17.4 Å². The molecule has 0 nitrogen and oxygen atoms in total. The zero-order chi connectivity index (χ0) is 15.4. The summed E-state index contributed by atoms with van der Waals surface area (Å²) in [6.45, 7) is 4.30. The summed E-state index contributed by atoms with van der Waals surface area (Å²) in [5.41, 5.74) is 0.603. The summed E-state index contributed by atoms with van der Waals surface area (Å²) in [7, 11) is 0. The van der Waals surface area contributed by atoms with Gasteiger partial charge in [-0.3, -0.25) is 0 Å². The monoisotopic (exact) mass is 296 g/mol. The zero-order valence-electron chi connectivity index (χ0n) is 12.7. The van der Waals surface area contributed by atoms with Crippen molar-refractivity contribution in [1.29, 1.82) is 0 Å². The van der Waals surface area contributed by atoms with Crippen molar-refractivity contribution in [2.24, 2.45) is 11.8 Å². The fraction of sp³-hybridized carbons (Fsp3) is 0.556. The highest BCUT2D eigenvalue weighted by molar-refractivity contribution is 5.23. The Bertz CT molecular complexity index is 476. The number of allylic oxidation sites excluding steroid dienone is 2. The van der Waals surface area contributed by atoms with Crippen LogP contribution in [0.2, 0.25) is 0 Å². The molecule has 2 rings (SSSR count). The van der Waals surface area contributed by atoms with Crippen molar-refractivity contribution in [1.82, 2.24) is 0 Å². The van der Waals surface area contributed by atoms with Gasteiger partial charge in [0.2, 0.25) is 0 Å². The lowest BCUT2D eigenvalue weighted by Gasteiger charge is -2.32. The fourth-order valence-corrected chi connectivity index (χ4v) is 3.38. The topological polar surface area (TPSA) is 0 Å². The van der Waals surface area contributed by atoms with Gasteiger partial charge >= 0.3 is 0 Å². The largest absolute Gasteiger partial charge is 0.204 e. The average Bonchev–Trinajstić information content (AvgIpc) is 2.50. The maximum Gasteiger partial charge on any atom is 0.194 e. The van der Waals surface area contributed by atoms with E-state index in [1.807, 2.05) is 6.92 Å². The maximum absolute atomic E-state index is 13.3. The van der Waals surface area contributed by atoms with E-state index in [9.17, 15) is 13.2 Å². The van der Waals surface area contributed by atoms with E-state index in [0.717, 1.165) is 44.2 Å². The van der Waals surface area contributed by atoms with Crippen molar-refractivity contribution in [2.45, 2.75) is 51.9 Å². The van der Waals surface area contributed by atoms with Gasteiger partial charge in [0, 0.05) is 0 Å². The minimum atomic E-state index is -1.37. The molecule has 1 aromatic rings. The Morgan fingerprint density at radius 3 is 2.19 bits per heavy atom. The first-order chi connectivity index (χ1) is 10.0. The molecule has 1 saturated carbocycles. The highest BCUT2D eigenvalue weighted by Crippen LogP contribution is 2.40. The molecule has 0 amide bonds. The molecule has 1 atom stereocenters. The van der Waals surface area contributed by atoms with E-state index in [1.165, 1.54) is 0 Å². The molecule has 0 saturated heterocycles. The van der Waals surface area contributed by atoms with Crippen LogP contribution in [-0.2, 0) is 0 Å². The van der Waals surface area contributed by atoms with Gasteiger partial charge in [0.15, 0.2) is 17.5 Å². The Labute approximate surface area is 125 Å². The summed E-state index contributed by atoms with van der Waals surface area (Å²) < 4.78 is 39.6.